The number of benzene rings is 1. The van der Waals surface area contributed by atoms with Crippen molar-refractivity contribution in [1.29, 1.82) is 0 Å². The van der Waals surface area contributed by atoms with E-state index in [-0.39, 0.29) is 0 Å². The predicted octanol–water partition coefficient (Wildman–Crippen LogP) is 1.99. The molecule has 1 unspecified atom stereocenters. The lowest BCUT2D eigenvalue weighted by Gasteiger charge is -2.34. The van der Waals surface area contributed by atoms with Crippen LogP contribution in [0.4, 0.5) is 0 Å². The maximum atomic E-state index is 5.23. The summed E-state index contributed by atoms with van der Waals surface area (Å²) in [5, 5.41) is 6.87. The van der Waals surface area contributed by atoms with Crippen molar-refractivity contribution < 1.29 is 4.74 Å². The third-order valence-electron chi connectivity index (χ3n) is 5.41. The van der Waals surface area contributed by atoms with E-state index in [2.05, 4.69) is 51.4 Å². The van der Waals surface area contributed by atoms with Crippen LogP contribution < -0.4 is 15.4 Å². The number of hydrogen-bond donors (Lipinski definition) is 2. The number of nitrogens with one attached hydrogen (secondary N) is 2. The Morgan fingerprint density at radius 3 is 2.30 bits per heavy atom. The van der Waals surface area contributed by atoms with E-state index in [1.165, 1.54) is 31.7 Å². The first-order valence-electron chi connectivity index (χ1n) is 10.2. The van der Waals surface area contributed by atoms with Gasteiger partial charge in [0.15, 0.2) is 5.96 Å². The van der Waals surface area contributed by atoms with Gasteiger partial charge in [0, 0.05) is 52.9 Å². The molecule has 2 rings (SSSR count). The van der Waals surface area contributed by atoms with Crippen molar-refractivity contribution in [3.63, 3.8) is 0 Å². The summed E-state index contributed by atoms with van der Waals surface area (Å²) in [7, 11) is 3.54. The zero-order valence-electron chi connectivity index (χ0n) is 17.5. The molecule has 1 saturated heterocycles. The van der Waals surface area contributed by atoms with Crippen LogP contribution in [0.2, 0.25) is 0 Å². The molecule has 0 bridgehead atoms. The van der Waals surface area contributed by atoms with Gasteiger partial charge in [-0.3, -0.25) is 9.89 Å². The van der Waals surface area contributed by atoms with Crippen molar-refractivity contribution >= 4 is 5.96 Å². The number of aliphatic imine (C=N–C) groups is 1. The van der Waals surface area contributed by atoms with Gasteiger partial charge in [-0.2, -0.15) is 0 Å². The molecule has 1 aliphatic rings. The van der Waals surface area contributed by atoms with E-state index in [1.54, 1.807) is 7.11 Å². The van der Waals surface area contributed by atoms with Gasteiger partial charge in [-0.1, -0.05) is 26.0 Å². The van der Waals surface area contributed by atoms with Crippen LogP contribution >= 0.6 is 0 Å². The average Bonchev–Trinajstić information content (AvgIpc) is 2.73. The second-order valence-corrected chi connectivity index (χ2v) is 7.16. The van der Waals surface area contributed by atoms with Crippen molar-refractivity contribution in [3.05, 3.63) is 29.8 Å². The van der Waals surface area contributed by atoms with Gasteiger partial charge in [0.1, 0.15) is 5.75 Å². The van der Waals surface area contributed by atoms with Crippen molar-refractivity contribution in [2.75, 3.05) is 66.5 Å². The molecule has 152 valence electrons. The van der Waals surface area contributed by atoms with E-state index in [1.807, 2.05) is 19.2 Å². The maximum absolute atomic E-state index is 5.23. The van der Waals surface area contributed by atoms with Crippen molar-refractivity contribution in [3.8, 4) is 5.75 Å². The minimum atomic E-state index is 0.497. The molecule has 0 spiro atoms. The zero-order chi connectivity index (χ0) is 19.5. The van der Waals surface area contributed by atoms with Gasteiger partial charge in [0.2, 0.25) is 0 Å². The first-order valence-corrected chi connectivity index (χ1v) is 10.2. The summed E-state index contributed by atoms with van der Waals surface area (Å²) in [5.41, 5.74) is 1.34. The minimum Gasteiger partial charge on any atom is -0.497 e. The highest BCUT2D eigenvalue weighted by atomic mass is 16.5. The fourth-order valence-electron chi connectivity index (χ4n) is 3.39. The molecule has 1 atom stereocenters. The number of ether oxygens (including phenoxy) is 1. The van der Waals surface area contributed by atoms with E-state index >= 15 is 0 Å². The molecule has 0 saturated carbocycles. The molecule has 27 heavy (non-hydrogen) atoms. The number of methoxy groups -OCH3 is 1. The number of piperazine rings is 1. The van der Waals surface area contributed by atoms with Crippen molar-refractivity contribution in [2.24, 2.45) is 4.99 Å². The van der Waals surface area contributed by atoms with E-state index in [0.717, 1.165) is 44.3 Å². The summed E-state index contributed by atoms with van der Waals surface area (Å²) in [6.07, 6.45) is 1.06. The van der Waals surface area contributed by atoms with Crippen LogP contribution in [0.5, 0.6) is 5.75 Å². The Hall–Kier alpha value is -1.79. The number of guanidine groups is 1. The largest absolute Gasteiger partial charge is 0.497 e. The molecule has 0 aliphatic carbocycles. The molecule has 1 aromatic carbocycles. The molecule has 1 fully saturated rings. The van der Waals surface area contributed by atoms with Gasteiger partial charge >= 0.3 is 0 Å². The molecular formula is C21H37N5O. The molecule has 6 nitrogen and oxygen atoms in total. The Kier molecular flexibility index (Phi) is 9.42. The monoisotopic (exact) mass is 375 g/mol. The Bertz CT molecular complexity index is 552. The highest BCUT2D eigenvalue weighted by molar-refractivity contribution is 5.79. The molecular weight excluding hydrogens is 338 g/mol. The Morgan fingerprint density at radius 2 is 1.70 bits per heavy atom. The first kappa shape index (κ1) is 21.5. The fraction of sp³-hybridized carbons (Fsp3) is 0.667. The molecule has 0 radical (unpaired) electrons. The predicted molar refractivity (Wildman–Crippen MR) is 114 cm³/mol. The van der Waals surface area contributed by atoms with Gasteiger partial charge < -0.3 is 20.3 Å². The quantitative estimate of drug-likeness (QED) is 0.511. The summed E-state index contributed by atoms with van der Waals surface area (Å²) in [4.78, 5) is 9.37. The SMILES string of the molecule is CCN1CCN(CCNC(=NC)NCCC(C)c2ccc(OC)cc2)CC1. The summed E-state index contributed by atoms with van der Waals surface area (Å²) in [5.74, 6) is 2.30. The van der Waals surface area contributed by atoms with Crippen LogP contribution in [0.15, 0.2) is 29.3 Å². The van der Waals surface area contributed by atoms with E-state index in [0.29, 0.717) is 5.92 Å². The molecule has 1 aromatic rings. The lowest BCUT2D eigenvalue weighted by Crippen LogP contribution is -2.49. The third-order valence-corrected chi connectivity index (χ3v) is 5.41. The Morgan fingerprint density at radius 1 is 1.07 bits per heavy atom. The molecule has 1 aliphatic heterocycles. The lowest BCUT2D eigenvalue weighted by molar-refractivity contribution is 0.139. The van der Waals surface area contributed by atoms with Crippen LogP contribution in [0.25, 0.3) is 0 Å². The smallest absolute Gasteiger partial charge is 0.191 e. The number of hydrogen-bond acceptors (Lipinski definition) is 4. The van der Waals surface area contributed by atoms with Crippen molar-refractivity contribution in [1.82, 2.24) is 20.4 Å². The second-order valence-electron chi connectivity index (χ2n) is 7.16. The lowest BCUT2D eigenvalue weighted by atomic mass is 9.98. The number of rotatable bonds is 9. The fourth-order valence-corrected chi connectivity index (χ4v) is 3.39. The molecule has 2 N–H and O–H groups in total. The Balaban J connectivity index is 1.62. The average molecular weight is 376 g/mol. The highest BCUT2D eigenvalue weighted by Gasteiger charge is 2.14. The molecule has 1 heterocycles. The minimum absolute atomic E-state index is 0.497. The van der Waals surface area contributed by atoms with Crippen LogP contribution in [0.3, 0.4) is 0 Å². The van der Waals surface area contributed by atoms with Gasteiger partial charge in [-0.05, 0) is 36.6 Å². The first-order chi connectivity index (χ1) is 13.2. The topological polar surface area (TPSA) is 52.1 Å². The number of likely N-dealkylation sites (N-methyl/N-ethyl adjacent to an activating group) is 1. The summed E-state index contributed by atoms with van der Waals surface area (Å²) >= 11 is 0. The third kappa shape index (κ3) is 7.39. The molecule has 0 aromatic heterocycles. The maximum Gasteiger partial charge on any atom is 0.191 e. The summed E-state index contributed by atoms with van der Waals surface area (Å²) in [6, 6.07) is 8.35. The summed E-state index contributed by atoms with van der Waals surface area (Å²) in [6.45, 7) is 13.3. The summed E-state index contributed by atoms with van der Waals surface area (Å²) < 4.78 is 5.23. The van der Waals surface area contributed by atoms with E-state index < -0.39 is 0 Å². The standard InChI is InChI=1S/C21H37N5O/c1-5-25-14-16-26(17-15-25)13-12-24-21(22-3)23-11-10-18(2)19-6-8-20(27-4)9-7-19/h6-9,18H,5,10-17H2,1-4H3,(H2,22,23,24). The Labute approximate surface area is 165 Å². The van der Waals surface area contributed by atoms with Gasteiger partial charge in [-0.15, -0.1) is 0 Å². The zero-order valence-corrected chi connectivity index (χ0v) is 17.5. The van der Waals surface area contributed by atoms with E-state index in [9.17, 15) is 0 Å². The normalized spacial score (nSPS) is 17.6. The van der Waals surface area contributed by atoms with Crippen LogP contribution in [-0.2, 0) is 0 Å². The molecule has 0 amide bonds. The molecule has 6 heteroatoms. The second kappa shape index (κ2) is 11.8. The number of nitrogens with zero attached hydrogens (tertiary/aromatic N) is 3. The van der Waals surface area contributed by atoms with Crippen molar-refractivity contribution in [2.45, 2.75) is 26.2 Å². The van der Waals surface area contributed by atoms with Crippen LogP contribution in [0.1, 0.15) is 31.7 Å². The van der Waals surface area contributed by atoms with Gasteiger partial charge in [0.05, 0.1) is 7.11 Å². The van der Waals surface area contributed by atoms with Gasteiger partial charge in [0.25, 0.3) is 0 Å². The highest BCUT2D eigenvalue weighted by Crippen LogP contribution is 2.21. The van der Waals surface area contributed by atoms with E-state index in [4.69, 9.17) is 4.74 Å². The van der Waals surface area contributed by atoms with Gasteiger partial charge in [-0.25, -0.2) is 0 Å². The van der Waals surface area contributed by atoms with Crippen LogP contribution in [-0.4, -0.2) is 82.3 Å². The van der Waals surface area contributed by atoms with Crippen LogP contribution in [0, 0.1) is 0 Å².